The average molecular weight is 326 g/mol. The Hall–Kier alpha value is -2.69. The summed E-state index contributed by atoms with van der Waals surface area (Å²) < 4.78 is 14.1. The minimum atomic E-state index is -0.633. The van der Waals surface area contributed by atoms with E-state index in [2.05, 4.69) is 0 Å². The van der Waals surface area contributed by atoms with Crippen molar-refractivity contribution in [2.75, 3.05) is 18.0 Å². The number of hydrogen-bond donors (Lipinski definition) is 0. The van der Waals surface area contributed by atoms with Crippen molar-refractivity contribution in [3.8, 4) is 0 Å². The first-order valence-electron chi connectivity index (χ1n) is 7.92. The molecule has 2 aromatic carbocycles. The molecule has 0 unspecified atom stereocenters. The van der Waals surface area contributed by atoms with Gasteiger partial charge in [-0.05, 0) is 43.7 Å². The third-order valence-electron chi connectivity index (χ3n) is 4.33. The number of halogens is 1. The van der Waals surface area contributed by atoms with Gasteiger partial charge in [-0.15, -0.1) is 0 Å². The molecular weight excluding hydrogens is 307 g/mol. The maximum Gasteiger partial charge on any atom is 0.254 e. The number of amides is 2. The van der Waals surface area contributed by atoms with Crippen LogP contribution < -0.4 is 4.90 Å². The Labute approximate surface area is 140 Å². The predicted octanol–water partition coefficient (Wildman–Crippen LogP) is 3.01. The molecule has 0 radical (unpaired) electrons. The average Bonchev–Trinajstić information content (AvgIpc) is 2.60. The molecule has 1 heterocycles. The van der Waals surface area contributed by atoms with Crippen molar-refractivity contribution in [3.05, 3.63) is 65.5 Å². The molecule has 2 aromatic rings. The summed E-state index contributed by atoms with van der Waals surface area (Å²) >= 11 is 0. The second-order valence-electron chi connectivity index (χ2n) is 5.99. The molecule has 0 saturated carbocycles. The van der Waals surface area contributed by atoms with Gasteiger partial charge in [-0.2, -0.15) is 0 Å². The Balaban J connectivity index is 1.84. The minimum Gasteiger partial charge on any atom is -0.325 e. The third kappa shape index (κ3) is 2.89. The second-order valence-corrected chi connectivity index (χ2v) is 5.99. The van der Waals surface area contributed by atoms with Crippen molar-refractivity contribution in [1.29, 1.82) is 0 Å². The highest BCUT2D eigenvalue weighted by atomic mass is 19.1. The van der Waals surface area contributed by atoms with E-state index in [0.717, 1.165) is 5.56 Å². The molecule has 124 valence electrons. The van der Waals surface area contributed by atoms with E-state index in [0.29, 0.717) is 12.1 Å². The summed E-state index contributed by atoms with van der Waals surface area (Å²) in [6, 6.07) is 12.9. The van der Waals surface area contributed by atoms with Gasteiger partial charge in [0, 0.05) is 18.7 Å². The Morgan fingerprint density at radius 3 is 2.54 bits per heavy atom. The fraction of sp³-hybridized carbons (Fsp3) is 0.263. The van der Waals surface area contributed by atoms with Crippen molar-refractivity contribution in [2.45, 2.75) is 19.9 Å². The molecule has 1 aliphatic heterocycles. The molecule has 1 atom stereocenters. The highest BCUT2D eigenvalue weighted by molar-refractivity contribution is 6.03. The van der Waals surface area contributed by atoms with Crippen LogP contribution in [0.2, 0.25) is 0 Å². The first kappa shape index (κ1) is 16.2. The number of carbonyl (C=O) groups is 2. The molecule has 2 amide bonds. The number of rotatable bonds is 2. The topological polar surface area (TPSA) is 40.6 Å². The highest BCUT2D eigenvalue weighted by Gasteiger charge is 2.36. The summed E-state index contributed by atoms with van der Waals surface area (Å²) in [7, 11) is 0. The largest absolute Gasteiger partial charge is 0.325 e. The molecule has 5 heteroatoms. The normalized spacial score (nSPS) is 18.0. The van der Waals surface area contributed by atoms with Crippen molar-refractivity contribution in [1.82, 2.24) is 4.90 Å². The number of nitrogens with zero attached hydrogens (tertiary/aromatic N) is 2. The van der Waals surface area contributed by atoms with Gasteiger partial charge in [0.1, 0.15) is 11.9 Å². The van der Waals surface area contributed by atoms with Crippen LogP contribution in [0.25, 0.3) is 0 Å². The maximum absolute atomic E-state index is 14.1. The van der Waals surface area contributed by atoms with E-state index in [9.17, 15) is 14.0 Å². The van der Waals surface area contributed by atoms with Crippen LogP contribution in [0.4, 0.5) is 10.1 Å². The van der Waals surface area contributed by atoms with Gasteiger partial charge in [-0.1, -0.05) is 24.3 Å². The van der Waals surface area contributed by atoms with E-state index >= 15 is 0 Å². The van der Waals surface area contributed by atoms with Gasteiger partial charge >= 0.3 is 0 Å². The van der Waals surface area contributed by atoms with E-state index in [1.54, 1.807) is 48.2 Å². The molecule has 0 aromatic heterocycles. The lowest BCUT2D eigenvalue weighted by Gasteiger charge is -2.39. The van der Waals surface area contributed by atoms with Crippen molar-refractivity contribution < 1.29 is 14.0 Å². The molecule has 0 aliphatic carbocycles. The Morgan fingerprint density at radius 1 is 1.12 bits per heavy atom. The van der Waals surface area contributed by atoms with Gasteiger partial charge in [0.25, 0.3) is 5.91 Å². The van der Waals surface area contributed by atoms with E-state index in [4.69, 9.17) is 0 Å². The zero-order chi connectivity index (χ0) is 17.3. The van der Waals surface area contributed by atoms with Crippen molar-refractivity contribution >= 4 is 17.5 Å². The number of aryl methyl sites for hydroxylation is 1. The zero-order valence-electron chi connectivity index (χ0n) is 13.7. The number of carbonyl (C=O) groups excluding carboxylic acids is 2. The highest BCUT2D eigenvalue weighted by Crippen LogP contribution is 2.25. The summed E-state index contributed by atoms with van der Waals surface area (Å²) in [5.74, 6) is -0.875. The van der Waals surface area contributed by atoms with Gasteiger partial charge < -0.3 is 9.80 Å². The van der Waals surface area contributed by atoms with Crippen LogP contribution >= 0.6 is 0 Å². The van der Waals surface area contributed by atoms with E-state index in [-0.39, 0.29) is 24.0 Å². The standard InChI is InChI=1S/C19H19FN2O2/c1-13-8-9-16(20)17(12-13)22-11-10-21(14(2)18(22)23)19(24)15-6-4-3-5-7-15/h3-9,12,14H,10-11H2,1-2H3/t14-/m1/s1. The van der Waals surface area contributed by atoms with Crippen LogP contribution in [0.5, 0.6) is 0 Å². The third-order valence-corrected chi connectivity index (χ3v) is 4.33. The molecule has 4 nitrogen and oxygen atoms in total. The number of benzene rings is 2. The fourth-order valence-electron chi connectivity index (χ4n) is 2.96. The lowest BCUT2D eigenvalue weighted by Crippen LogP contribution is -2.58. The molecule has 0 spiro atoms. The van der Waals surface area contributed by atoms with Crippen LogP contribution in [0.1, 0.15) is 22.8 Å². The number of hydrogen-bond acceptors (Lipinski definition) is 2. The quantitative estimate of drug-likeness (QED) is 0.851. The first-order valence-corrected chi connectivity index (χ1v) is 7.92. The lowest BCUT2D eigenvalue weighted by molar-refractivity contribution is -0.124. The van der Waals surface area contributed by atoms with E-state index in [1.807, 2.05) is 13.0 Å². The SMILES string of the molecule is Cc1ccc(F)c(N2CCN(C(=O)c3ccccc3)[C@H](C)C2=O)c1. The van der Waals surface area contributed by atoms with Crippen LogP contribution in [0.15, 0.2) is 48.5 Å². The molecule has 3 rings (SSSR count). The number of piperazine rings is 1. The smallest absolute Gasteiger partial charge is 0.254 e. The van der Waals surface area contributed by atoms with Gasteiger partial charge in [-0.3, -0.25) is 9.59 Å². The Kier molecular flexibility index (Phi) is 4.34. The summed E-state index contributed by atoms with van der Waals surface area (Å²) in [4.78, 5) is 28.3. The van der Waals surface area contributed by atoms with Gasteiger partial charge in [0.05, 0.1) is 5.69 Å². The summed E-state index contributed by atoms with van der Waals surface area (Å²) in [5, 5.41) is 0. The first-order chi connectivity index (χ1) is 11.5. The summed E-state index contributed by atoms with van der Waals surface area (Å²) in [6.07, 6.45) is 0. The zero-order valence-corrected chi connectivity index (χ0v) is 13.7. The second kappa shape index (κ2) is 6.43. The van der Waals surface area contributed by atoms with E-state index < -0.39 is 11.9 Å². The Bertz CT molecular complexity index is 776. The lowest BCUT2D eigenvalue weighted by atomic mass is 10.1. The molecule has 1 saturated heterocycles. The maximum atomic E-state index is 14.1. The van der Waals surface area contributed by atoms with Crippen LogP contribution in [-0.4, -0.2) is 35.8 Å². The summed E-state index contributed by atoms with van der Waals surface area (Å²) in [5.41, 5.74) is 1.71. The van der Waals surface area contributed by atoms with Crippen molar-refractivity contribution in [2.24, 2.45) is 0 Å². The predicted molar refractivity (Wildman–Crippen MR) is 90.4 cm³/mol. The molecule has 0 bridgehead atoms. The van der Waals surface area contributed by atoms with Crippen LogP contribution in [0.3, 0.4) is 0 Å². The van der Waals surface area contributed by atoms with Crippen LogP contribution in [-0.2, 0) is 4.79 Å². The Morgan fingerprint density at radius 2 is 1.83 bits per heavy atom. The molecule has 24 heavy (non-hydrogen) atoms. The molecule has 1 aliphatic rings. The minimum absolute atomic E-state index is 0.180. The van der Waals surface area contributed by atoms with Crippen LogP contribution in [0, 0.1) is 12.7 Å². The van der Waals surface area contributed by atoms with Gasteiger partial charge in [-0.25, -0.2) is 4.39 Å². The summed E-state index contributed by atoms with van der Waals surface area (Å²) in [6.45, 7) is 4.19. The van der Waals surface area contributed by atoms with Gasteiger partial charge in [0.2, 0.25) is 5.91 Å². The van der Waals surface area contributed by atoms with Gasteiger partial charge in [0.15, 0.2) is 0 Å². The van der Waals surface area contributed by atoms with Crippen molar-refractivity contribution in [3.63, 3.8) is 0 Å². The molecule has 1 fully saturated rings. The molecule has 0 N–H and O–H groups in total. The van der Waals surface area contributed by atoms with E-state index in [1.165, 1.54) is 11.0 Å². The fourth-order valence-corrected chi connectivity index (χ4v) is 2.96. The monoisotopic (exact) mass is 326 g/mol. The number of anilines is 1. The molecular formula is C19H19FN2O2.